The van der Waals surface area contributed by atoms with Crippen LogP contribution >= 0.6 is 0 Å². The summed E-state index contributed by atoms with van der Waals surface area (Å²) in [5, 5.41) is 26.7. The Labute approximate surface area is 292 Å². The number of aliphatic hydroxyl groups excluding tert-OH is 1. The van der Waals surface area contributed by atoms with E-state index in [2.05, 4.69) is 5.32 Å². The molecule has 3 aliphatic heterocycles. The van der Waals surface area contributed by atoms with Crippen LogP contribution in [0.15, 0.2) is 30.3 Å². The predicted molar refractivity (Wildman–Crippen MR) is 184 cm³/mol. The average Bonchev–Trinajstić information content (AvgIpc) is 3.29. The number of hydrogen-bond donors (Lipinski definition) is 4. The van der Waals surface area contributed by atoms with Crippen molar-refractivity contribution >= 4 is 12.1 Å². The summed E-state index contributed by atoms with van der Waals surface area (Å²) in [6.07, 6.45) is -5.01. The number of hydrogen-bond acceptors (Lipinski definition) is 11. The molecule has 3 heterocycles. The largest absolute Gasteiger partial charge is 0.459 e. The molecular weight excluding hydrogens is 630 g/mol. The van der Waals surface area contributed by atoms with Crippen LogP contribution in [-0.2, 0) is 35.0 Å². The Bertz CT molecular complexity index is 1250. The lowest BCUT2D eigenvalue weighted by Gasteiger charge is -2.47. The van der Waals surface area contributed by atoms with Gasteiger partial charge in [-0.2, -0.15) is 0 Å². The molecule has 12 nitrogen and oxygen atoms in total. The van der Waals surface area contributed by atoms with Gasteiger partial charge in [-0.3, -0.25) is 4.79 Å². The molecule has 12 heteroatoms. The molecule has 1 aromatic carbocycles. The summed E-state index contributed by atoms with van der Waals surface area (Å²) in [7, 11) is 3.77. The minimum absolute atomic E-state index is 0.102. The number of alkyl carbamates (subject to hydrolysis) is 1. The first-order chi connectivity index (χ1) is 22.9. The second-order valence-electron chi connectivity index (χ2n) is 15.5. The summed E-state index contributed by atoms with van der Waals surface area (Å²) in [6.45, 7) is 15.1. The zero-order valence-electron chi connectivity index (χ0n) is 31.0. The number of likely N-dealkylation sites (N-methyl/N-ethyl adjacent to an activating group) is 1. The van der Waals surface area contributed by atoms with Crippen LogP contribution in [0.2, 0.25) is 0 Å². The quantitative estimate of drug-likeness (QED) is 0.309. The maximum absolute atomic E-state index is 14.0. The van der Waals surface area contributed by atoms with E-state index in [0.717, 1.165) is 5.56 Å². The van der Waals surface area contributed by atoms with Gasteiger partial charge in [0.1, 0.15) is 23.9 Å². The summed E-state index contributed by atoms with van der Waals surface area (Å²) in [4.78, 5) is 29.4. The van der Waals surface area contributed by atoms with Gasteiger partial charge in [0.05, 0.1) is 29.8 Å². The number of carbonyl (C=O) groups is 2. The van der Waals surface area contributed by atoms with Gasteiger partial charge in [0, 0.05) is 30.5 Å². The number of cyclic esters (lactones) is 1. The highest BCUT2D eigenvalue weighted by Crippen LogP contribution is 2.45. The molecule has 15 atom stereocenters. The van der Waals surface area contributed by atoms with Crippen LogP contribution in [-0.4, -0.2) is 107 Å². The molecule has 3 fully saturated rings. The first-order valence-electron chi connectivity index (χ1n) is 17.9. The summed E-state index contributed by atoms with van der Waals surface area (Å²) < 4.78 is 31.8. The molecule has 0 radical (unpaired) electrons. The molecule has 0 saturated carbocycles. The van der Waals surface area contributed by atoms with E-state index in [1.165, 1.54) is 0 Å². The van der Waals surface area contributed by atoms with Crippen molar-refractivity contribution in [2.45, 2.75) is 147 Å². The Morgan fingerprint density at radius 2 is 1.76 bits per heavy atom. The second-order valence-corrected chi connectivity index (χ2v) is 15.5. The second kappa shape index (κ2) is 15.9. The zero-order valence-corrected chi connectivity index (χ0v) is 31.0. The van der Waals surface area contributed by atoms with Crippen molar-refractivity contribution in [1.29, 1.82) is 0 Å². The normalized spacial score (nSPS) is 43.6. The van der Waals surface area contributed by atoms with Gasteiger partial charge in [-0.25, -0.2) is 4.79 Å². The van der Waals surface area contributed by atoms with Crippen molar-refractivity contribution in [2.24, 2.45) is 29.4 Å². The molecule has 49 heavy (non-hydrogen) atoms. The van der Waals surface area contributed by atoms with Crippen molar-refractivity contribution in [3.63, 3.8) is 0 Å². The fraction of sp³-hybridized carbons (Fsp3) is 0.784. The van der Waals surface area contributed by atoms with Crippen molar-refractivity contribution in [3.8, 4) is 0 Å². The third kappa shape index (κ3) is 8.60. The molecule has 2 bridgehead atoms. The number of nitrogens with two attached hydrogens (primary N) is 1. The number of fused-ring (bicyclic) bond motifs is 2. The highest BCUT2D eigenvalue weighted by molar-refractivity contribution is 5.74. The highest BCUT2D eigenvalue weighted by atomic mass is 16.7. The van der Waals surface area contributed by atoms with Crippen LogP contribution in [0.1, 0.15) is 80.2 Å². The predicted octanol–water partition coefficient (Wildman–Crippen LogP) is 3.60. The Morgan fingerprint density at radius 1 is 1.10 bits per heavy atom. The Kier molecular flexibility index (Phi) is 12.8. The molecule has 3 aliphatic rings. The van der Waals surface area contributed by atoms with E-state index in [1.807, 2.05) is 83.9 Å². The van der Waals surface area contributed by atoms with E-state index >= 15 is 0 Å². The highest BCUT2D eigenvalue weighted by Gasteiger charge is 2.57. The Balaban J connectivity index is 1.75. The van der Waals surface area contributed by atoms with Gasteiger partial charge in [-0.1, -0.05) is 58.0 Å². The summed E-state index contributed by atoms with van der Waals surface area (Å²) in [5.41, 5.74) is 5.14. The van der Waals surface area contributed by atoms with Crippen molar-refractivity contribution in [3.05, 3.63) is 35.9 Å². The van der Waals surface area contributed by atoms with Gasteiger partial charge in [0.25, 0.3) is 0 Å². The number of ether oxygens (including phenoxy) is 5. The van der Waals surface area contributed by atoms with Crippen molar-refractivity contribution < 1.29 is 43.5 Å². The molecule has 278 valence electrons. The third-order valence-electron chi connectivity index (χ3n) is 11.3. The van der Waals surface area contributed by atoms with Gasteiger partial charge in [0.15, 0.2) is 6.29 Å². The molecule has 1 amide bonds. The van der Waals surface area contributed by atoms with Crippen LogP contribution in [0, 0.1) is 23.7 Å². The standard InChI is InChI=1S/C37H61N3O9/c1-11-27-37(8)31(38)22(4)29(49-37)20(2)18-36(7,44)32(48-34-28(41)26(40(9)10)17-21(3)45-34)23(5)30(24(6)33(42)46-27)47-35(43)39-19-25-15-13-12-14-16-25/h12-16,20-24,26-32,34,41,44H,11,17-19,38H2,1-10H3,(H,39,43)/t20-,21-,22-,23+,24-,26+,27+,28-,29-,30+,31+,32-,34+,36+,37?/m1/s1. The van der Waals surface area contributed by atoms with Crippen LogP contribution in [0.4, 0.5) is 4.79 Å². The van der Waals surface area contributed by atoms with E-state index in [1.54, 1.807) is 20.8 Å². The lowest BCUT2D eigenvalue weighted by atomic mass is 9.75. The minimum Gasteiger partial charge on any atom is -0.459 e. The van der Waals surface area contributed by atoms with Crippen LogP contribution in [0.5, 0.6) is 0 Å². The van der Waals surface area contributed by atoms with E-state index in [-0.39, 0.29) is 43.1 Å². The van der Waals surface area contributed by atoms with Crippen LogP contribution < -0.4 is 11.1 Å². The number of esters is 1. The fourth-order valence-electron chi connectivity index (χ4n) is 8.41. The van der Waals surface area contributed by atoms with E-state index in [4.69, 9.17) is 29.4 Å². The number of nitrogens with one attached hydrogen (secondary N) is 1. The number of amides is 1. The number of benzene rings is 1. The van der Waals surface area contributed by atoms with Gasteiger partial charge in [0.2, 0.25) is 0 Å². The molecule has 1 unspecified atom stereocenters. The molecule has 0 spiro atoms. The SMILES string of the molecule is CC[C@@H]1OC(=O)[C@H](C)[C@@H](OC(=O)NCc2ccccc2)[C@H](C)[C@@H](O[C@@H]2O[C@H](C)C[C@H](N(C)C)[C@H]2O)[C@@](C)(O)C[C@@H](C)[C@H]2OC1(C)[C@@H](N)[C@@H]2C. The van der Waals surface area contributed by atoms with Crippen LogP contribution in [0.3, 0.4) is 0 Å². The number of rotatable bonds is 7. The topological polar surface area (TPSA) is 162 Å². The van der Waals surface area contributed by atoms with E-state index < -0.39 is 71.8 Å². The van der Waals surface area contributed by atoms with Gasteiger partial charge < -0.3 is 49.8 Å². The van der Waals surface area contributed by atoms with Gasteiger partial charge in [-0.05, 0) is 72.5 Å². The number of aliphatic hydroxyl groups is 2. The maximum Gasteiger partial charge on any atom is 0.407 e. The summed E-state index contributed by atoms with van der Waals surface area (Å²) in [5.74, 6) is -2.65. The van der Waals surface area contributed by atoms with Crippen LogP contribution in [0.25, 0.3) is 0 Å². The van der Waals surface area contributed by atoms with E-state index in [9.17, 15) is 19.8 Å². The first kappa shape index (κ1) is 39.5. The van der Waals surface area contributed by atoms with Gasteiger partial charge in [-0.15, -0.1) is 0 Å². The lowest BCUT2D eigenvalue weighted by Crippen LogP contribution is -2.59. The molecular formula is C37H61N3O9. The molecule has 0 aliphatic carbocycles. The molecule has 3 saturated heterocycles. The van der Waals surface area contributed by atoms with E-state index in [0.29, 0.717) is 12.8 Å². The average molecular weight is 692 g/mol. The fourth-order valence-corrected chi connectivity index (χ4v) is 8.41. The molecule has 4 rings (SSSR count). The molecule has 0 aromatic heterocycles. The Hall–Kier alpha value is -2.32. The smallest absolute Gasteiger partial charge is 0.407 e. The van der Waals surface area contributed by atoms with Crippen molar-refractivity contribution in [2.75, 3.05) is 14.1 Å². The van der Waals surface area contributed by atoms with Crippen molar-refractivity contribution in [1.82, 2.24) is 10.2 Å². The summed E-state index contributed by atoms with van der Waals surface area (Å²) >= 11 is 0. The third-order valence-corrected chi connectivity index (χ3v) is 11.3. The van der Waals surface area contributed by atoms with Gasteiger partial charge >= 0.3 is 12.1 Å². The lowest BCUT2D eigenvalue weighted by molar-refractivity contribution is -0.299. The first-order valence-corrected chi connectivity index (χ1v) is 17.9. The number of nitrogens with zero attached hydrogens (tertiary/aromatic N) is 1. The monoisotopic (exact) mass is 691 g/mol. The zero-order chi connectivity index (χ0) is 36.4. The summed E-state index contributed by atoms with van der Waals surface area (Å²) in [6, 6.07) is 8.70. The molecule has 1 aromatic rings. The Morgan fingerprint density at radius 3 is 2.37 bits per heavy atom. The minimum atomic E-state index is -1.56. The molecule has 5 N–H and O–H groups in total. The maximum atomic E-state index is 14.0. The number of carbonyl (C=O) groups excluding carboxylic acids is 2.